The number of anilines is 1. The highest BCUT2D eigenvalue weighted by atomic mass is 35.5. The number of aryl methyl sites for hydroxylation is 2. The van der Waals surface area contributed by atoms with Gasteiger partial charge in [0.15, 0.2) is 0 Å². The molecule has 1 aliphatic heterocycles. The summed E-state index contributed by atoms with van der Waals surface area (Å²) in [6, 6.07) is 10.9. The smallest absolute Gasteiger partial charge is 0.278 e. The molecule has 0 saturated carbocycles. The van der Waals surface area contributed by atoms with Gasteiger partial charge in [0.25, 0.3) is 11.8 Å². The van der Waals surface area contributed by atoms with Crippen molar-refractivity contribution in [1.82, 2.24) is 4.90 Å². The van der Waals surface area contributed by atoms with Gasteiger partial charge in [-0.1, -0.05) is 43.6 Å². The maximum atomic E-state index is 13.2. The molecule has 0 spiro atoms. The average Bonchev–Trinajstić information content (AvgIpc) is 2.88. The molecule has 1 heterocycles. The van der Waals surface area contributed by atoms with Gasteiger partial charge in [-0.3, -0.25) is 14.5 Å². The van der Waals surface area contributed by atoms with Gasteiger partial charge in [-0.15, -0.1) is 0 Å². The van der Waals surface area contributed by atoms with Crippen LogP contribution in [-0.4, -0.2) is 30.4 Å². The Labute approximate surface area is 176 Å². The molecule has 5 nitrogen and oxygen atoms in total. The molecule has 1 N–H and O–H groups in total. The second-order valence-corrected chi connectivity index (χ2v) is 8.07. The van der Waals surface area contributed by atoms with E-state index in [4.69, 9.17) is 16.3 Å². The Morgan fingerprint density at radius 1 is 1.03 bits per heavy atom. The highest BCUT2D eigenvalue weighted by molar-refractivity contribution is 6.36. The fourth-order valence-corrected chi connectivity index (χ4v) is 3.47. The molecule has 2 amide bonds. The van der Waals surface area contributed by atoms with Gasteiger partial charge in [-0.05, 0) is 54.7 Å². The zero-order chi connectivity index (χ0) is 21.3. The molecule has 3 rings (SSSR count). The molecule has 2 aromatic rings. The molecular formula is C23H25ClN2O3. The molecule has 0 saturated heterocycles. The standard InChI is InChI=1S/C23H25ClN2O3/c1-13(2)12-26-22(27)20(16-7-6-14(3)15(4)10-16)21(23(26)28)25-18-11-17(24)8-9-19(18)29-5/h6-11,13,25H,12H2,1-5H3. The van der Waals surface area contributed by atoms with Gasteiger partial charge in [-0.2, -0.15) is 0 Å². The number of methoxy groups -OCH3 is 1. The van der Waals surface area contributed by atoms with Crippen molar-refractivity contribution >= 4 is 34.7 Å². The van der Waals surface area contributed by atoms with Crippen LogP contribution in [0.4, 0.5) is 5.69 Å². The Balaban J connectivity index is 2.14. The van der Waals surface area contributed by atoms with Crippen molar-refractivity contribution in [3.05, 3.63) is 63.8 Å². The molecule has 6 heteroatoms. The first kappa shape index (κ1) is 20.9. The van der Waals surface area contributed by atoms with Crippen LogP contribution in [0.3, 0.4) is 0 Å². The van der Waals surface area contributed by atoms with Crippen LogP contribution in [-0.2, 0) is 9.59 Å². The van der Waals surface area contributed by atoms with Crippen LogP contribution in [0.15, 0.2) is 42.1 Å². The van der Waals surface area contributed by atoms with Crippen molar-refractivity contribution < 1.29 is 14.3 Å². The third-order valence-electron chi connectivity index (χ3n) is 4.93. The van der Waals surface area contributed by atoms with Crippen LogP contribution in [0, 0.1) is 19.8 Å². The number of benzene rings is 2. The van der Waals surface area contributed by atoms with Gasteiger partial charge in [0.2, 0.25) is 0 Å². The van der Waals surface area contributed by atoms with E-state index >= 15 is 0 Å². The molecule has 2 aromatic carbocycles. The molecule has 0 unspecified atom stereocenters. The number of nitrogens with one attached hydrogen (secondary N) is 1. The Bertz CT molecular complexity index is 1010. The van der Waals surface area contributed by atoms with E-state index in [0.29, 0.717) is 34.1 Å². The minimum atomic E-state index is -0.348. The summed E-state index contributed by atoms with van der Waals surface area (Å²) in [4.78, 5) is 27.7. The molecule has 29 heavy (non-hydrogen) atoms. The maximum absolute atomic E-state index is 13.2. The average molecular weight is 413 g/mol. The predicted octanol–water partition coefficient (Wildman–Crippen LogP) is 4.81. The van der Waals surface area contributed by atoms with Crippen LogP contribution in [0.25, 0.3) is 5.57 Å². The lowest BCUT2D eigenvalue weighted by molar-refractivity contribution is -0.137. The maximum Gasteiger partial charge on any atom is 0.278 e. The lowest BCUT2D eigenvalue weighted by Gasteiger charge is -2.18. The van der Waals surface area contributed by atoms with Crippen molar-refractivity contribution in [2.75, 3.05) is 19.0 Å². The Morgan fingerprint density at radius 3 is 2.38 bits per heavy atom. The van der Waals surface area contributed by atoms with Crippen LogP contribution in [0.1, 0.15) is 30.5 Å². The molecule has 1 aliphatic rings. The normalized spacial score (nSPS) is 14.2. The van der Waals surface area contributed by atoms with Gasteiger partial charge >= 0.3 is 0 Å². The number of amides is 2. The summed E-state index contributed by atoms with van der Waals surface area (Å²) in [7, 11) is 1.54. The second-order valence-electron chi connectivity index (χ2n) is 7.63. The summed E-state index contributed by atoms with van der Waals surface area (Å²) in [5.41, 5.74) is 4.01. The summed E-state index contributed by atoms with van der Waals surface area (Å²) in [6.07, 6.45) is 0. The van der Waals surface area contributed by atoms with E-state index in [1.807, 2.05) is 45.9 Å². The van der Waals surface area contributed by atoms with Crippen molar-refractivity contribution in [3.8, 4) is 5.75 Å². The predicted molar refractivity (Wildman–Crippen MR) is 116 cm³/mol. The number of ether oxygens (including phenoxy) is 1. The number of carbonyl (C=O) groups excluding carboxylic acids is 2. The Hall–Kier alpha value is -2.79. The van der Waals surface area contributed by atoms with E-state index in [2.05, 4.69) is 5.32 Å². The summed E-state index contributed by atoms with van der Waals surface area (Å²) in [6.45, 7) is 8.29. The second kappa shape index (κ2) is 8.29. The van der Waals surface area contributed by atoms with Crippen LogP contribution < -0.4 is 10.1 Å². The van der Waals surface area contributed by atoms with E-state index in [9.17, 15) is 9.59 Å². The van der Waals surface area contributed by atoms with Gasteiger partial charge in [0.05, 0.1) is 18.4 Å². The van der Waals surface area contributed by atoms with Crippen molar-refractivity contribution in [1.29, 1.82) is 0 Å². The quantitative estimate of drug-likeness (QED) is 0.691. The number of halogens is 1. The van der Waals surface area contributed by atoms with Crippen molar-refractivity contribution in [3.63, 3.8) is 0 Å². The first-order chi connectivity index (χ1) is 13.7. The van der Waals surface area contributed by atoms with Crippen molar-refractivity contribution in [2.45, 2.75) is 27.7 Å². The number of hydrogen-bond acceptors (Lipinski definition) is 4. The number of imide groups is 1. The van der Waals surface area contributed by atoms with Crippen molar-refractivity contribution in [2.24, 2.45) is 5.92 Å². The lowest BCUT2D eigenvalue weighted by Crippen LogP contribution is -2.35. The van der Waals surface area contributed by atoms with Gasteiger partial charge in [-0.25, -0.2) is 0 Å². The summed E-state index contributed by atoms with van der Waals surface area (Å²) in [5.74, 6) is 0.0438. The molecule has 0 aromatic heterocycles. The molecule has 0 bridgehead atoms. The highest BCUT2D eigenvalue weighted by Gasteiger charge is 2.39. The Kier molecular flexibility index (Phi) is 5.99. The van der Waals surface area contributed by atoms with E-state index < -0.39 is 0 Å². The van der Waals surface area contributed by atoms with Gasteiger partial charge < -0.3 is 10.1 Å². The number of rotatable bonds is 6. The van der Waals surface area contributed by atoms with Gasteiger partial charge in [0.1, 0.15) is 11.4 Å². The molecule has 0 atom stereocenters. The largest absolute Gasteiger partial charge is 0.495 e. The monoisotopic (exact) mass is 412 g/mol. The number of carbonyl (C=O) groups is 2. The first-order valence-corrected chi connectivity index (χ1v) is 9.89. The minimum absolute atomic E-state index is 0.156. The highest BCUT2D eigenvalue weighted by Crippen LogP contribution is 2.35. The van der Waals surface area contributed by atoms with Crippen LogP contribution >= 0.6 is 11.6 Å². The van der Waals surface area contributed by atoms with E-state index in [0.717, 1.165) is 11.1 Å². The molecule has 152 valence electrons. The third kappa shape index (κ3) is 4.15. The number of hydrogen-bond donors (Lipinski definition) is 1. The molecule has 0 aliphatic carbocycles. The number of nitrogens with zero attached hydrogens (tertiary/aromatic N) is 1. The Morgan fingerprint density at radius 2 is 1.76 bits per heavy atom. The van der Waals surface area contributed by atoms with E-state index in [1.165, 1.54) is 4.90 Å². The lowest BCUT2D eigenvalue weighted by atomic mass is 9.99. The summed E-state index contributed by atoms with van der Waals surface area (Å²) in [5, 5.41) is 3.62. The molecule has 0 fully saturated rings. The topological polar surface area (TPSA) is 58.6 Å². The first-order valence-electron chi connectivity index (χ1n) is 9.51. The van der Waals surface area contributed by atoms with E-state index in [1.54, 1.807) is 25.3 Å². The molecular weight excluding hydrogens is 388 g/mol. The zero-order valence-corrected chi connectivity index (χ0v) is 18.1. The summed E-state index contributed by atoms with van der Waals surface area (Å²) < 4.78 is 5.39. The molecule has 0 radical (unpaired) electrons. The summed E-state index contributed by atoms with van der Waals surface area (Å²) >= 11 is 6.14. The minimum Gasteiger partial charge on any atom is -0.495 e. The zero-order valence-electron chi connectivity index (χ0n) is 17.3. The fourth-order valence-electron chi connectivity index (χ4n) is 3.30. The van der Waals surface area contributed by atoms with Crippen LogP contribution in [0.2, 0.25) is 5.02 Å². The SMILES string of the molecule is COc1ccc(Cl)cc1NC1=C(c2ccc(C)c(C)c2)C(=O)N(CC(C)C)C1=O. The fraction of sp³-hybridized carbons (Fsp3) is 0.304. The van der Waals surface area contributed by atoms with Gasteiger partial charge in [0, 0.05) is 11.6 Å². The van der Waals surface area contributed by atoms with E-state index in [-0.39, 0.29) is 23.4 Å². The van der Waals surface area contributed by atoms with Crippen LogP contribution in [0.5, 0.6) is 5.75 Å². The third-order valence-corrected chi connectivity index (χ3v) is 5.17.